The smallest absolute Gasteiger partial charge is 0.203 e. The molecule has 4 nitrogen and oxygen atoms in total. The maximum atomic E-state index is 4.51. The summed E-state index contributed by atoms with van der Waals surface area (Å²) in [5, 5.41) is 4.62. The number of pyridine rings is 1. The minimum Gasteiger partial charge on any atom is -0.355 e. The van der Waals surface area contributed by atoms with E-state index in [-0.39, 0.29) is 0 Å². The zero-order valence-electron chi connectivity index (χ0n) is 12.5. The standard InChI is InChI=1S/C17H20N4/c1-3-21-12-13(2)20-17(21)19-11-9-15-7-4-6-14-8-5-10-18-16(14)15/h4-8,10,12H,3,9,11H2,1-2H3,(H,19,20). The molecular weight excluding hydrogens is 260 g/mol. The number of imidazole rings is 1. The lowest BCUT2D eigenvalue weighted by molar-refractivity contribution is 0.762. The van der Waals surface area contributed by atoms with E-state index >= 15 is 0 Å². The first kappa shape index (κ1) is 13.6. The third-order valence-electron chi connectivity index (χ3n) is 3.63. The summed E-state index contributed by atoms with van der Waals surface area (Å²) >= 11 is 0. The van der Waals surface area contributed by atoms with Crippen LogP contribution < -0.4 is 5.32 Å². The fourth-order valence-electron chi connectivity index (χ4n) is 2.61. The van der Waals surface area contributed by atoms with Gasteiger partial charge in [0.15, 0.2) is 0 Å². The van der Waals surface area contributed by atoms with Crippen LogP contribution in [0.4, 0.5) is 5.95 Å². The molecule has 0 fully saturated rings. The van der Waals surface area contributed by atoms with Crippen molar-refractivity contribution >= 4 is 16.9 Å². The molecule has 0 saturated heterocycles. The van der Waals surface area contributed by atoms with Crippen LogP contribution in [0.1, 0.15) is 18.2 Å². The van der Waals surface area contributed by atoms with Crippen LogP contribution in [-0.4, -0.2) is 21.1 Å². The fourth-order valence-corrected chi connectivity index (χ4v) is 2.61. The molecule has 0 radical (unpaired) electrons. The van der Waals surface area contributed by atoms with Crippen molar-refractivity contribution in [2.75, 3.05) is 11.9 Å². The van der Waals surface area contributed by atoms with Gasteiger partial charge in [-0.15, -0.1) is 0 Å². The highest BCUT2D eigenvalue weighted by Gasteiger charge is 2.05. The van der Waals surface area contributed by atoms with Gasteiger partial charge in [0.25, 0.3) is 0 Å². The van der Waals surface area contributed by atoms with Gasteiger partial charge in [-0.1, -0.05) is 24.3 Å². The number of para-hydroxylation sites is 1. The molecule has 3 aromatic rings. The Kier molecular flexibility index (Phi) is 3.86. The van der Waals surface area contributed by atoms with Gasteiger partial charge in [-0.3, -0.25) is 4.98 Å². The van der Waals surface area contributed by atoms with Gasteiger partial charge < -0.3 is 9.88 Å². The van der Waals surface area contributed by atoms with Crippen LogP contribution in [0.15, 0.2) is 42.7 Å². The predicted octanol–water partition coefficient (Wildman–Crippen LogP) is 3.41. The molecule has 0 atom stereocenters. The Bertz CT molecular complexity index is 740. The normalized spacial score (nSPS) is 11.0. The molecule has 0 aliphatic carbocycles. The Morgan fingerprint density at radius 2 is 2.05 bits per heavy atom. The summed E-state index contributed by atoms with van der Waals surface area (Å²) < 4.78 is 2.14. The molecule has 0 amide bonds. The second-order valence-electron chi connectivity index (χ2n) is 5.16. The first-order valence-corrected chi connectivity index (χ1v) is 7.38. The molecule has 0 spiro atoms. The predicted molar refractivity (Wildman–Crippen MR) is 86.6 cm³/mol. The van der Waals surface area contributed by atoms with Crippen molar-refractivity contribution in [3.63, 3.8) is 0 Å². The minimum atomic E-state index is 0.853. The Morgan fingerprint density at radius 3 is 2.90 bits per heavy atom. The summed E-state index contributed by atoms with van der Waals surface area (Å²) in [6.07, 6.45) is 4.86. The molecule has 0 saturated carbocycles. The highest BCUT2D eigenvalue weighted by molar-refractivity contribution is 5.81. The first-order chi connectivity index (χ1) is 10.3. The van der Waals surface area contributed by atoms with Gasteiger partial charge in [-0.2, -0.15) is 0 Å². The van der Waals surface area contributed by atoms with Crippen LogP contribution in [0.2, 0.25) is 0 Å². The number of rotatable bonds is 5. The quantitative estimate of drug-likeness (QED) is 0.778. The molecule has 1 aromatic carbocycles. The topological polar surface area (TPSA) is 42.7 Å². The highest BCUT2D eigenvalue weighted by Crippen LogP contribution is 2.16. The largest absolute Gasteiger partial charge is 0.355 e. The van der Waals surface area contributed by atoms with Gasteiger partial charge in [0.05, 0.1) is 11.2 Å². The number of nitrogens with one attached hydrogen (secondary N) is 1. The molecule has 0 unspecified atom stereocenters. The van der Waals surface area contributed by atoms with Crippen LogP contribution in [-0.2, 0) is 13.0 Å². The Morgan fingerprint density at radius 1 is 1.19 bits per heavy atom. The van der Waals surface area contributed by atoms with Crippen LogP contribution >= 0.6 is 0 Å². The van der Waals surface area contributed by atoms with Crippen molar-refractivity contribution in [1.82, 2.24) is 14.5 Å². The maximum Gasteiger partial charge on any atom is 0.203 e. The summed E-state index contributed by atoms with van der Waals surface area (Å²) in [5.74, 6) is 0.947. The molecular formula is C17H20N4. The van der Waals surface area contributed by atoms with E-state index in [1.54, 1.807) is 0 Å². The summed E-state index contributed by atoms with van der Waals surface area (Å²) in [4.78, 5) is 9.01. The van der Waals surface area contributed by atoms with Crippen LogP contribution in [0.25, 0.3) is 10.9 Å². The van der Waals surface area contributed by atoms with Crippen molar-refractivity contribution in [2.24, 2.45) is 0 Å². The second kappa shape index (κ2) is 5.95. The fraction of sp³-hybridized carbons (Fsp3) is 0.294. The highest BCUT2D eigenvalue weighted by atomic mass is 15.2. The second-order valence-corrected chi connectivity index (χ2v) is 5.16. The molecule has 0 aliphatic rings. The lowest BCUT2D eigenvalue weighted by Gasteiger charge is -2.09. The molecule has 0 aliphatic heterocycles. The lowest BCUT2D eigenvalue weighted by Crippen LogP contribution is -2.10. The molecule has 21 heavy (non-hydrogen) atoms. The van der Waals surface area contributed by atoms with Gasteiger partial charge in [0, 0.05) is 30.9 Å². The number of nitrogens with zero attached hydrogens (tertiary/aromatic N) is 3. The average Bonchev–Trinajstić information content (AvgIpc) is 2.87. The SMILES string of the molecule is CCn1cc(C)nc1NCCc1cccc2cccnc12. The van der Waals surface area contributed by atoms with E-state index in [1.165, 1.54) is 10.9 Å². The third-order valence-corrected chi connectivity index (χ3v) is 3.63. The zero-order valence-corrected chi connectivity index (χ0v) is 12.5. The van der Waals surface area contributed by atoms with E-state index < -0.39 is 0 Å². The summed E-state index contributed by atoms with van der Waals surface area (Å²) in [7, 11) is 0. The van der Waals surface area contributed by atoms with Gasteiger partial charge in [-0.05, 0) is 31.9 Å². The number of hydrogen-bond donors (Lipinski definition) is 1. The summed E-state index contributed by atoms with van der Waals surface area (Å²) in [6.45, 7) is 5.93. The Hall–Kier alpha value is -2.36. The Balaban J connectivity index is 1.72. The molecule has 0 bridgehead atoms. The zero-order chi connectivity index (χ0) is 14.7. The van der Waals surface area contributed by atoms with Crippen molar-refractivity contribution < 1.29 is 0 Å². The van der Waals surface area contributed by atoms with Crippen molar-refractivity contribution in [2.45, 2.75) is 26.8 Å². The average molecular weight is 280 g/mol. The molecule has 1 N–H and O–H groups in total. The summed E-state index contributed by atoms with van der Waals surface area (Å²) in [5.41, 5.74) is 3.41. The molecule has 4 heteroatoms. The van der Waals surface area contributed by atoms with Crippen molar-refractivity contribution in [3.8, 4) is 0 Å². The van der Waals surface area contributed by atoms with E-state index in [0.29, 0.717) is 0 Å². The van der Waals surface area contributed by atoms with Crippen LogP contribution in [0.5, 0.6) is 0 Å². The van der Waals surface area contributed by atoms with Crippen LogP contribution in [0, 0.1) is 6.92 Å². The molecule has 2 aromatic heterocycles. The summed E-state index contributed by atoms with van der Waals surface area (Å²) in [6, 6.07) is 10.4. The molecule has 3 rings (SSSR count). The first-order valence-electron chi connectivity index (χ1n) is 7.38. The molecule has 108 valence electrons. The van der Waals surface area contributed by atoms with Gasteiger partial charge in [0.2, 0.25) is 5.95 Å². The van der Waals surface area contributed by atoms with E-state index in [0.717, 1.165) is 36.7 Å². The number of fused-ring (bicyclic) bond motifs is 1. The van der Waals surface area contributed by atoms with Gasteiger partial charge in [-0.25, -0.2) is 4.98 Å². The van der Waals surface area contributed by atoms with Gasteiger partial charge in [0.1, 0.15) is 0 Å². The number of anilines is 1. The van der Waals surface area contributed by atoms with E-state index in [1.807, 2.05) is 19.2 Å². The van der Waals surface area contributed by atoms with Crippen molar-refractivity contribution in [1.29, 1.82) is 0 Å². The third kappa shape index (κ3) is 2.89. The van der Waals surface area contributed by atoms with E-state index in [4.69, 9.17) is 0 Å². The van der Waals surface area contributed by atoms with E-state index in [9.17, 15) is 0 Å². The minimum absolute atomic E-state index is 0.853. The number of hydrogen-bond acceptors (Lipinski definition) is 3. The van der Waals surface area contributed by atoms with E-state index in [2.05, 4.69) is 57.2 Å². The lowest BCUT2D eigenvalue weighted by atomic mass is 10.1. The van der Waals surface area contributed by atoms with Crippen LogP contribution in [0.3, 0.4) is 0 Å². The number of aryl methyl sites for hydroxylation is 2. The number of aromatic nitrogens is 3. The van der Waals surface area contributed by atoms with Crippen molar-refractivity contribution in [3.05, 3.63) is 54.0 Å². The van der Waals surface area contributed by atoms with Gasteiger partial charge >= 0.3 is 0 Å². The maximum absolute atomic E-state index is 4.51. The number of benzene rings is 1. The Labute approximate surface area is 124 Å². The molecule has 2 heterocycles. The monoisotopic (exact) mass is 280 g/mol.